The maximum Gasteiger partial charge on any atom is 0.339 e. The molecule has 0 saturated heterocycles. The predicted octanol–water partition coefficient (Wildman–Crippen LogP) is 3.39. The van der Waals surface area contributed by atoms with Crippen LogP contribution < -0.4 is 8.92 Å². The van der Waals surface area contributed by atoms with Crippen LogP contribution in [0.1, 0.15) is 16.7 Å². The fourth-order valence-corrected chi connectivity index (χ4v) is 3.73. The van der Waals surface area contributed by atoms with Crippen LogP contribution in [0.25, 0.3) is 0 Å². The highest BCUT2D eigenvalue weighted by atomic mass is 32.2. The first-order valence-corrected chi connectivity index (χ1v) is 7.90. The maximum atomic E-state index is 12.5. The van der Waals surface area contributed by atoms with Crippen LogP contribution >= 0.6 is 0 Å². The third-order valence-corrected chi connectivity index (χ3v) is 4.66. The van der Waals surface area contributed by atoms with Gasteiger partial charge in [0.1, 0.15) is 16.4 Å². The second kappa shape index (κ2) is 5.77. The van der Waals surface area contributed by atoms with Gasteiger partial charge in [0.15, 0.2) is 0 Å². The van der Waals surface area contributed by atoms with Crippen molar-refractivity contribution >= 4 is 10.1 Å². The van der Waals surface area contributed by atoms with Crippen molar-refractivity contribution in [2.24, 2.45) is 0 Å². The quantitative estimate of drug-likeness (QED) is 0.813. The summed E-state index contributed by atoms with van der Waals surface area (Å²) in [5.74, 6) is 0.772. The Balaban J connectivity index is 2.43. The summed E-state index contributed by atoms with van der Waals surface area (Å²) in [6.07, 6.45) is 0. The normalized spacial score (nSPS) is 11.2. The molecule has 0 N–H and O–H groups in total. The van der Waals surface area contributed by atoms with Crippen molar-refractivity contribution in [3.63, 3.8) is 0 Å². The molecule has 5 heteroatoms. The zero-order chi connectivity index (χ0) is 15.6. The Bertz CT molecular complexity index is 741. The molecular weight excluding hydrogens is 288 g/mol. The van der Waals surface area contributed by atoms with Crippen LogP contribution in [0.15, 0.2) is 41.3 Å². The van der Waals surface area contributed by atoms with Gasteiger partial charge in [0.05, 0.1) is 7.11 Å². The molecular formula is C16H18O4S. The van der Waals surface area contributed by atoms with Crippen molar-refractivity contribution in [2.45, 2.75) is 25.7 Å². The Morgan fingerprint density at radius 2 is 1.48 bits per heavy atom. The van der Waals surface area contributed by atoms with Gasteiger partial charge in [0.2, 0.25) is 0 Å². The van der Waals surface area contributed by atoms with E-state index < -0.39 is 10.1 Å². The summed E-state index contributed by atoms with van der Waals surface area (Å²) in [6.45, 7) is 5.46. The van der Waals surface area contributed by atoms with Crippen molar-refractivity contribution < 1.29 is 17.3 Å². The van der Waals surface area contributed by atoms with E-state index in [0.29, 0.717) is 16.9 Å². The van der Waals surface area contributed by atoms with Crippen LogP contribution in [-0.2, 0) is 10.1 Å². The summed E-state index contributed by atoms with van der Waals surface area (Å²) >= 11 is 0. The van der Waals surface area contributed by atoms with Crippen molar-refractivity contribution in [3.8, 4) is 11.5 Å². The van der Waals surface area contributed by atoms with E-state index in [1.165, 1.54) is 13.2 Å². The van der Waals surface area contributed by atoms with E-state index >= 15 is 0 Å². The molecule has 0 aliphatic rings. The van der Waals surface area contributed by atoms with Gasteiger partial charge in [-0.2, -0.15) is 8.42 Å². The summed E-state index contributed by atoms with van der Waals surface area (Å²) in [6, 6.07) is 10.2. The summed E-state index contributed by atoms with van der Waals surface area (Å²) in [5, 5.41) is 0. The molecule has 0 radical (unpaired) electrons. The van der Waals surface area contributed by atoms with Crippen molar-refractivity contribution in [1.82, 2.24) is 0 Å². The van der Waals surface area contributed by atoms with Gasteiger partial charge in [-0.25, -0.2) is 0 Å². The second-order valence-corrected chi connectivity index (χ2v) is 6.43. The van der Waals surface area contributed by atoms with E-state index in [9.17, 15) is 8.42 Å². The minimum absolute atomic E-state index is 0.218. The predicted molar refractivity (Wildman–Crippen MR) is 81.5 cm³/mol. The molecule has 2 aromatic rings. The van der Waals surface area contributed by atoms with E-state index in [4.69, 9.17) is 8.92 Å². The minimum Gasteiger partial charge on any atom is -0.497 e. The van der Waals surface area contributed by atoms with E-state index in [1.807, 2.05) is 19.1 Å². The number of ether oxygens (including phenoxy) is 1. The molecule has 0 atom stereocenters. The lowest BCUT2D eigenvalue weighted by Crippen LogP contribution is -2.13. The number of benzene rings is 2. The van der Waals surface area contributed by atoms with Gasteiger partial charge >= 0.3 is 10.1 Å². The maximum absolute atomic E-state index is 12.5. The van der Waals surface area contributed by atoms with Gasteiger partial charge < -0.3 is 8.92 Å². The summed E-state index contributed by atoms with van der Waals surface area (Å²) < 4.78 is 35.3. The topological polar surface area (TPSA) is 52.6 Å². The van der Waals surface area contributed by atoms with Gasteiger partial charge in [-0.05, 0) is 44.0 Å². The Morgan fingerprint density at radius 3 is 2.05 bits per heavy atom. The molecule has 0 amide bonds. The number of rotatable bonds is 4. The number of hydrogen-bond donors (Lipinski definition) is 0. The lowest BCUT2D eigenvalue weighted by molar-refractivity contribution is 0.411. The SMILES string of the molecule is COc1cccc(OS(=O)(=O)c2c(C)cc(C)cc2C)c1. The molecule has 0 heterocycles. The van der Waals surface area contributed by atoms with Crippen molar-refractivity contribution in [2.75, 3.05) is 7.11 Å². The lowest BCUT2D eigenvalue weighted by Gasteiger charge is -2.13. The van der Waals surface area contributed by atoms with Gasteiger partial charge in [-0.3, -0.25) is 0 Å². The summed E-state index contributed by atoms with van der Waals surface area (Å²) in [7, 11) is -2.36. The monoisotopic (exact) mass is 306 g/mol. The molecule has 0 unspecified atom stereocenters. The molecule has 0 bridgehead atoms. The van der Waals surface area contributed by atoms with Gasteiger partial charge in [-0.15, -0.1) is 0 Å². The minimum atomic E-state index is -3.87. The highest BCUT2D eigenvalue weighted by molar-refractivity contribution is 7.87. The first-order valence-electron chi connectivity index (χ1n) is 6.50. The highest BCUT2D eigenvalue weighted by Gasteiger charge is 2.22. The Hall–Kier alpha value is -2.01. The number of aryl methyl sites for hydroxylation is 3. The first-order chi connectivity index (χ1) is 9.83. The molecule has 0 fully saturated rings. The summed E-state index contributed by atoms with van der Waals surface area (Å²) in [4.78, 5) is 0.218. The second-order valence-electron chi connectivity index (χ2n) is 4.94. The third-order valence-electron chi connectivity index (χ3n) is 3.10. The number of methoxy groups -OCH3 is 1. The zero-order valence-corrected chi connectivity index (χ0v) is 13.3. The molecule has 2 rings (SSSR count). The molecule has 2 aromatic carbocycles. The Morgan fingerprint density at radius 1 is 0.905 bits per heavy atom. The average molecular weight is 306 g/mol. The average Bonchev–Trinajstić information content (AvgIpc) is 2.36. The van der Waals surface area contributed by atoms with E-state index in [2.05, 4.69) is 0 Å². The van der Waals surface area contributed by atoms with Gasteiger partial charge in [0, 0.05) is 6.07 Å². The summed E-state index contributed by atoms with van der Waals surface area (Å²) in [5.41, 5.74) is 2.37. The largest absolute Gasteiger partial charge is 0.497 e. The molecule has 0 aliphatic carbocycles. The highest BCUT2D eigenvalue weighted by Crippen LogP contribution is 2.27. The molecule has 4 nitrogen and oxygen atoms in total. The van der Waals surface area contributed by atoms with Crippen LogP contribution in [0.4, 0.5) is 0 Å². The van der Waals surface area contributed by atoms with Crippen LogP contribution in [-0.4, -0.2) is 15.5 Å². The molecule has 0 aliphatic heterocycles. The fraction of sp³-hybridized carbons (Fsp3) is 0.250. The van der Waals surface area contributed by atoms with Crippen molar-refractivity contribution in [3.05, 3.63) is 53.1 Å². The van der Waals surface area contributed by atoms with Crippen LogP contribution in [0, 0.1) is 20.8 Å². The molecule has 21 heavy (non-hydrogen) atoms. The lowest BCUT2D eigenvalue weighted by atomic mass is 10.1. The standard InChI is InChI=1S/C16H18O4S/c1-11-8-12(2)16(13(3)9-11)21(17,18)20-15-7-5-6-14(10-15)19-4/h5-10H,1-4H3. The van der Waals surface area contributed by atoms with Gasteiger partial charge in [0.25, 0.3) is 0 Å². The molecule has 0 saturated carbocycles. The van der Waals surface area contributed by atoms with Gasteiger partial charge in [-0.1, -0.05) is 23.8 Å². The molecule has 112 valence electrons. The van der Waals surface area contributed by atoms with E-state index in [1.54, 1.807) is 32.0 Å². The van der Waals surface area contributed by atoms with E-state index in [0.717, 1.165) is 5.56 Å². The van der Waals surface area contributed by atoms with E-state index in [-0.39, 0.29) is 10.6 Å². The number of hydrogen-bond acceptors (Lipinski definition) is 4. The Labute approximate surface area is 125 Å². The zero-order valence-electron chi connectivity index (χ0n) is 12.5. The van der Waals surface area contributed by atoms with Crippen molar-refractivity contribution in [1.29, 1.82) is 0 Å². The van der Waals surface area contributed by atoms with Crippen LogP contribution in [0.2, 0.25) is 0 Å². The first kappa shape index (κ1) is 15.4. The smallest absolute Gasteiger partial charge is 0.339 e. The third kappa shape index (κ3) is 3.36. The molecule has 0 spiro atoms. The van der Waals surface area contributed by atoms with Crippen LogP contribution in [0.3, 0.4) is 0 Å². The Kier molecular flexibility index (Phi) is 4.23. The fourth-order valence-electron chi connectivity index (χ4n) is 2.38. The molecule has 0 aromatic heterocycles. The van der Waals surface area contributed by atoms with Crippen LogP contribution in [0.5, 0.6) is 11.5 Å².